The van der Waals surface area contributed by atoms with Crippen molar-refractivity contribution in [3.8, 4) is 33.8 Å². The fourth-order valence-corrected chi connectivity index (χ4v) is 3.67. The van der Waals surface area contributed by atoms with Crippen molar-refractivity contribution < 1.29 is 27.4 Å². The minimum absolute atomic E-state index is 0.0699. The molecule has 0 aliphatic rings. The van der Waals surface area contributed by atoms with Crippen LogP contribution in [-0.2, 0) is 0 Å². The normalized spacial score (nSPS) is 10.8. The van der Waals surface area contributed by atoms with Crippen LogP contribution in [0.3, 0.4) is 0 Å². The molecule has 4 aromatic carbocycles. The molecule has 0 bridgehead atoms. The highest BCUT2D eigenvalue weighted by Crippen LogP contribution is 2.31. The Labute approximate surface area is 208 Å². The predicted octanol–water partition coefficient (Wildman–Crippen LogP) is 8.14. The number of hydrogen-bond donors (Lipinski definition) is 0. The molecular formula is C30H25F3O3. The Balaban J connectivity index is 1.47. The van der Waals surface area contributed by atoms with E-state index in [1.807, 2.05) is 13.8 Å². The van der Waals surface area contributed by atoms with Gasteiger partial charge in [0.2, 0.25) is 5.82 Å². The van der Waals surface area contributed by atoms with Gasteiger partial charge in [0.05, 0.1) is 12.2 Å². The maximum atomic E-state index is 14.7. The highest BCUT2D eigenvalue weighted by molar-refractivity contribution is 5.91. The zero-order valence-corrected chi connectivity index (χ0v) is 20.0. The molecule has 0 aliphatic carbocycles. The lowest BCUT2D eigenvalue weighted by Crippen LogP contribution is -2.10. The molecular weight excluding hydrogens is 465 g/mol. The predicted molar refractivity (Wildman–Crippen MR) is 134 cm³/mol. The molecule has 0 amide bonds. The fraction of sp³-hybridized carbons (Fsp3) is 0.167. The first-order chi connectivity index (χ1) is 17.4. The van der Waals surface area contributed by atoms with Crippen LogP contribution in [0, 0.1) is 24.4 Å². The monoisotopic (exact) mass is 490 g/mol. The number of halogens is 3. The first-order valence-electron chi connectivity index (χ1n) is 11.7. The van der Waals surface area contributed by atoms with Crippen LogP contribution >= 0.6 is 0 Å². The molecule has 0 aliphatic heterocycles. The van der Waals surface area contributed by atoms with E-state index in [1.54, 1.807) is 48.5 Å². The summed E-state index contributed by atoms with van der Waals surface area (Å²) in [5.74, 6) is -3.72. The molecule has 6 heteroatoms. The maximum absolute atomic E-state index is 14.7. The summed E-state index contributed by atoms with van der Waals surface area (Å²) in [7, 11) is 0. The van der Waals surface area contributed by atoms with Crippen LogP contribution in [0.15, 0.2) is 78.9 Å². The van der Waals surface area contributed by atoms with E-state index in [-0.39, 0.29) is 11.1 Å². The van der Waals surface area contributed by atoms with Crippen molar-refractivity contribution in [1.29, 1.82) is 0 Å². The molecule has 0 atom stereocenters. The van der Waals surface area contributed by atoms with E-state index in [1.165, 1.54) is 30.3 Å². The van der Waals surface area contributed by atoms with Gasteiger partial charge in [-0.3, -0.25) is 0 Å². The van der Waals surface area contributed by atoms with Crippen molar-refractivity contribution in [3.05, 3.63) is 107 Å². The lowest BCUT2D eigenvalue weighted by atomic mass is 10.0. The fourth-order valence-electron chi connectivity index (χ4n) is 3.67. The number of unbranched alkanes of at least 4 members (excludes halogenated alkanes) is 1. The number of aryl methyl sites for hydroxylation is 1. The van der Waals surface area contributed by atoms with E-state index in [9.17, 15) is 18.0 Å². The molecule has 0 saturated carbocycles. The van der Waals surface area contributed by atoms with Crippen molar-refractivity contribution in [2.75, 3.05) is 6.61 Å². The van der Waals surface area contributed by atoms with Crippen LogP contribution in [0.25, 0.3) is 22.3 Å². The van der Waals surface area contributed by atoms with E-state index in [2.05, 4.69) is 0 Å². The second-order valence-electron chi connectivity index (χ2n) is 8.42. The van der Waals surface area contributed by atoms with Gasteiger partial charge in [-0.15, -0.1) is 0 Å². The smallest absolute Gasteiger partial charge is 0.343 e. The second kappa shape index (κ2) is 11.1. The van der Waals surface area contributed by atoms with E-state index >= 15 is 0 Å². The maximum Gasteiger partial charge on any atom is 0.343 e. The van der Waals surface area contributed by atoms with Crippen molar-refractivity contribution in [1.82, 2.24) is 0 Å². The zero-order chi connectivity index (χ0) is 25.7. The van der Waals surface area contributed by atoms with E-state index < -0.39 is 29.2 Å². The van der Waals surface area contributed by atoms with Crippen molar-refractivity contribution >= 4 is 5.97 Å². The third-order valence-corrected chi connectivity index (χ3v) is 5.75. The summed E-state index contributed by atoms with van der Waals surface area (Å²) >= 11 is 0. The van der Waals surface area contributed by atoms with Gasteiger partial charge in [0.1, 0.15) is 11.6 Å². The average molecular weight is 491 g/mol. The molecule has 0 heterocycles. The van der Waals surface area contributed by atoms with Gasteiger partial charge >= 0.3 is 5.97 Å². The van der Waals surface area contributed by atoms with Crippen LogP contribution in [0.1, 0.15) is 35.7 Å². The Bertz CT molecular complexity index is 1360. The Morgan fingerprint density at radius 1 is 0.778 bits per heavy atom. The molecule has 0 saturated heterocycles. The summed E-state index contributed by atoms with van der Waals surface area (Å²) in [5, 5.41) is 0. The second-order valence-corrected chi connectivity index (χ2v) is 8.42. The first kappa shape index (κ1) is 25.0. The molecule has 184 valence electrons. The Hall–Kier alpha value is -4.06. The van der Waals surface area contributed by atoms with E-state index in [0.29, 0.717) is 29.0 Å². The summed E-state index contributed by atoms with van der Waals surface area (Å²) in [6, 6.07) is 20.2. The molecule has 0 spiro atoms. The van der Waals surface area contributed by atoms with Crippen LogP contribution in [-0.4, -0.2) is 12.6 Å². The molecule has 4 aromatic rings. The van der Waals surface area contributed by atoms with Gasteiger partial charge in [-0.05, 0) is 60.9 Å². The Kier molecular flexibility index (Phi) is 7.74. The van der Waals surface area contributed by atoms with Crippen LogP contribution in [0.2, 0.25) is 0 Å². The van der Waals surface area contributed by atoms with Gasteiger partial charge in [-0.2, -0.15) is 4.39 Å². The molecule has 0 N–H and O–H groups in total. The summed E-state index contributed by atoms with van der Waals surface area (Å²) in [6.45, 7) is 4.46. The van der Waals surface area contributed by atoms with Gasteiger partial charge in [0, 0.05) is 17.2 Å². The van der Waals surface area contributed by atoms with E-state index in [0.717, 1.165) is 18.4 Å². The van der Waals surface area contributed by atoms with Crippen LogP contribution in [0.4, 0.5) is 13.2 Å². The number of ether oxygens (including phenoxy) is 2. The Morgan fingerprint density at radius 3 is 2.08 bits per heavy atom. The highest BCUT2D eigenvalue weighted by Gasteiger charge is 2.19. The van der Waals surface area contributed by atoms with Gasteiger partial charge in [0.15, 0.2) is 11.6 Å². The van der Waals surface area contributed by atoms with Crippen molar-refractivity contribution in [2.45, 2.75) is 26.7 Å². The largest absolute Gasteiger partial charge is 0.493 e. The summed E-state index contributed by atoms with van der Waals surface area (Å²) in [4.78, 5) is 12.6. The van der Waals surface area contributed by atoms with Gasteiger partial charge in [-0.1, -0.05) is 55.3 Å². The molecule has 0 aromatic heterocycles. The lowest BCUT2D eigenvalue weighted by Gasteiger charge is -2.11. The Morgan fingerprint density at radius 2 is 1.42 bits per heavy atom. The first-order valence-corrected chi connectivity index (χ1v) is 11.7. The third-order valence-electron chi connectivity index (χ3n) is 5.75. The lowest BCUT2D eigenvalue weighted by molar-refractivity contribution is 0.0727. The molecule has 36 heavy (non-hydrogen) atoms. The van der Waals surface area contributed by atoms with Crippen molar-refractivity contribution in [2.24, 2.45) is 0 Å². The van der Waals surface area contributed by atoms with Gasteiger partial charge < -0.3 is 9.47 Å². The topological polar surface area (TPSA) is 35.5 Å². The van der Waals surface area contributed by atoms with E-state index in [4.69, 9.17) is 9.47 Å². The molecule has 0 fully saturated rings. The van der Waals surface area contributed by atoms with Gasteiger partial charge in [-0.25, -0.2) is 13.6 Å². The molecule has 0 radical (unpaired) electrons. The quantitative estimate of drug-likeness (QED) is 0.142. The number of rotatable bonds is 8. The number of esters is 1. The highest BCUT2D eigenvalue weighted by atomic mass is 19.2. The number of carbonyl (C=O) groups excluding carboxylic acids is 1. The third kappa shape index (κ3) is 5.60. The standard InChI is InChI=1S/C30H25F3O3/c1-3-4-17-35-23-13-14-24(26(31)18-23)20-9-11-22(12-10-20)30(34)36-27-16-15-25(28(32)29(27)33)21-7-5-19(2)6-8-21/h5-16,18H,3-4,17H2,1-2H3. The number of benzene rings is 4. The SMILES string of the molecule is CCCCOc1ccc(-c2ccc(C(=O)Oc3ccc(-c4ccc(C)cc4)c(F)c3F)cc2)c(F)c1. The average Bonchev–Trinajstić information content (AvgIpc) is 2.88. The minimum atomic E-state index is -1.25. The van der Waals surface area contributed by atoms with Crippen LogP contribution in [0.5, 0.6) is 11.5 Å². The molecule has 4 rings (SSSR count). The summed E-state index contributed by atoms with van der Waals surface area (Å²) in [6.07, 6.45) is 1.87. The molecule has 0 unspecified atom stereocenters. The zero-order valence-electron chi connectivity index (χ0n) is 20.0. The summed E-state index contributed by atoms with van der Waals surface area (Å²) in [5.41, 5.74) is 2.58. The molecule has 3 nitrogen and oxygen atoms in total. The van der Waals surface area contributed by atoms with Crippen LogP contribution < -0.4 is 9.47 Å². The van der Waals surface area contributed by atoms with Crippen molar-refractivity contribution in [3.63, 3.8) is 0 Å². The van der Waals surface area contributed by atoms with Gasteiger partial charge in [0.25, 0.3) is 0 Å². The summed E-state index contributed by atoms with van der Waals surface area (Å²) < 4.78 is 54.6. The minimum Gasteiger partial charge on any atom is -0.493 e. The number of carbonyl (C=O) groups is 1. The number of hydrogen-bond acceptors (Lipinski definition) is 3.